The maximum absolute atomic E-state index is 12.9. The van der Waals surface area contributed by atoms with Gasteiger partial charge in [-0.05, 0) is 49.2 Å². The first-order valence-corrected chi connectivity index (χ1v) is 9.16. The van der Waals surface area contributed by atoms with Crippen LogP contribution >= 0.6 is 0 Å². The number of methoxy groups -OCH3 is 1. The second-order valence-electron chi connectivity index (χ2n) is 6.97. The van der Waals surface area contributed by atoms with E-state index in [0.717, 1.165) is 43.6 Å². The van der Waals surface area contributed by atoms with Crippen LogP contribution in [0.4, 0.5) is 18.9 Å². The van der Waals surface area contributed by atoms with Crippen LogP contribution in [0.25, 0.3) is 0 Å². The first-order valence-electron chi connectivity index (χ1n) is 9.16. The Bertz CT molecular complexity index is 738. The molecule has 0 spiro atoms. The van der Waals surface area contributed by atoms with E-state index in [4.69, 9.17) is 4.74 Å². The molecule has 146 valence electrons. The monoisotopic (exact) mass is 378 g/mol. The van der Waals surface area contributed by atoms with Gasteiger partial charge in [0.2, 0.25) is 0 Å². The predicted molar refractivity (Wildman–Crippen MR) is 101 cm³/mol. The fourth-order valence-electron chi connectivity index (χ4n) is 3.56. The van der Waals surface area contributed by atoms with E-state index in [9.17, 15) is 13.2 Å². The number of piperazine rings is 1. The molecule has 2 aromatic carbocycles. The minimum absolute atomic E-state index is 0.200. The molecule has 3 nitrogen and oxygen atoms in total. The van der Waals surface area contributed by atoms with E-state index >= 15 is 0 Å². The van der Waals surface area contributed by atoms with Crippen molar-refractivity contribution in [2.24, 2.45) is 0 Å². The van der Waals surface area contributed by atoms with Crippen LogP contribution in [0.1, 0.15) is 18.1 Å². The van der Waals surface area contributed by atoms with Crippen LogP contribution < -0.4 is 9.64 Å². The van der Waals surface area contributed by atoms with Gasteiger partial charge in [-0.2, -0.15) is 13.2 Å². The molecule has 2 aromatic rings. The molecule has 0 amide bonds. The van der Waals surface area contributed by atoms with E-state index in [1.807, 2.05) is 12.1 Å². The largest absolute Gasteiger partial charge is 0.497 e. The molecule has 0 N–H and O–H groups in total. The molecule has 1 saturated heterocycles. The Balaban J connectivity index is 1.56. The molecule has 1 atom stereocenters. The van der Waals surface area contributed by atoms with Gasteiger partial charge in [-0.25, -0.2) is 0 Å². The first kappa shape index (κ1) is 19.5. The highest BCUT2D eigenvalue weighted by Crippen LogP contribution is 2.30. The maximum Gasteiger partial charge on any atom is 0.416 e. The van der Waals surface area contributed by atoms with E-state index in [1.54, 1.807) is 13.2 Å². The van der Waals surface area contributed by atoms with Crippen molar-refractivity contribution >= 4 is 5.69 Å². The van der Waals surface area contributed by atoms with Crippen LogP contribution in [0.2, 0.25) is 0 Å². The molecule has 27 heavy (non-hydrogen) atoms. The van der Waals surface area contributed by atoms with Crippen molar-refractivity contribution in [3.8, 4) is 5.75 Å². The maximum atomic E-state index is 12.9. The second kappa shape index (κ2) is 8.21. The molecule has 0 bridgehead atoms. The van der Waals surface area contributed by atoms with Crippen molar-refractivity contribution < 1.29 is 17.9 Å². The van der Waals surface area contributed by atoms with Crippen LogP contribution in [-0.2, 0) is 12.6 Å². The number of nitrogens with zero attached hydrogens (tertiary/aromatic N) is 2. The average Bonchev–Trinajstić information content (AvgIpc) is 2.68. The summed E-state index contributed by atoms with van der Waals surface area (Å²) >= 11 is 0. The summed E-state index contributed by atoms with van der Waals surface area (Å²) in [6.45, 7) is 5.68. The number of anilines is 1. The lowest BCUT2D eigenvalue weighted by molar-refractivity contribution is -0.137. The third-order valence-electron chi connectivity index (χ3n) is 5.16. The Morgan fingerprint density at radius 2 is 1.67 bits per heavy atom. The summed E-state index contributed by atoms with van der Waals surface area (Å²) in [5.41, 5.74) is 1.33. The van der Waals surface area contributed by atoms with Gasteiger partial charge in [0.1, 0.15) is 5.75 Å². The van der Waals surface area contributed by atoms with Crippen LogP contribution in [0, 0.1) is 0 Å². The van der Waals surface area contributed by atoms with Crippen LogP contribution in [0.3, 0.4) is 0 Å². The van der Waals surface area contributed by atoms with Crippen molar-refractivity contribution in [2.45, 2.75) is 25.6 Å². The topological polar surface area (TPSA) is 15.7 Å². The highest BCUT2D eigenvalue weighted by Gasteiger charge is 2.30. The van der Waals surface area contributed by atoms with Gasteiger partial charge >= 0.3 is 6.18 Å². The third-order valence-corrected chi connectivity index (χ3v) is 5.16. The Kier molecular flexibility index (Phi) is 5.95. The van der Waals surface area contributed by atoms with Gasteiger partial charge in [-0.1, -0.05) is 18.2 Å². The van der Waals surface area contributed by atoms with Crippen molar-refractivity contribution in [3.05, 3.63) is 59.7 Å². The van der Waals surface area contributed by atoms with E-state index in [2.05, 4.69) is 28.9 Å². The number of halogens is 3. The van der Waals surface area contributed by atoms with Gasteiger partial charge in [0.15, 0.2) is 0 Å². The van der Waals surface area contributed by atoms with E-state index < -0.39 is 11.7 Å². The van der Waals surface area contributed by atoms with Gasteiger partial charge in [-0.15, -0.1) is 0 Å². The van der Waals surface area contributed by atoms with Crippen LogP contribution in [0.15, 0.2) is 48.5 Å². The molecule has 1 fully saturated rings. The van der Waals surface area contributed by atoms with E-state index in [-0.39, 0.29) is 6.04 Å². The summed E-state index contributed by atoms with van der Waals surface area (Å²) in [7, 11) is 1.65. The number of alkyl halides is 3. The summed E-state index contributed by atoms with van der Waals surface area (Å²) in [5.74, 6) is 0.840. The molecule has 1 aliphatic heterocycles. The lowest BCUT2D eigenvalue weighted by Gasteiger charge is -2.39. The van der Waals surface area contributed by atoms with Gasteiger partial charge < -0.3 is 9.64 Å². The van der Waals surface area contributed by atoms with Gasteiger partial charge in [0.25, 0.3) is 0 Å². The molecule has 0 saturated carbocycles. The lowest BCUT2D eigenvalue weighted by Crippen LogP contribution is -2.50. The van der Waals surface area contributed by atoms with Crippen molar-refractivity contribution in [1.82, 2.24) is 4.90 Å². The lowest BCUT2D eigenvalue weighted by atomic mass is 10.0. The zero-order valence-electron chi connectivity index (χ0n) is 15.7. The number of hydrogen-bond acceptors (Lipinski definition) is 3. The number of benzene rings is 2. The Morgan fingerprint density at radius 3 is 2.26 bits per heavy atom. The zero-order valence-corrected chi connectivity index (χ0v) is 15.7. The van der Waals surface area contributed by atoms with Crippen LogP contribution in [-0.4, -0.2) is 44.2 Å². The fourth-order valence-corrected chi connectivity index (χ4v) is 3.56. The van der Waals surface area contributed by atoms with Crippen molar-refractivity contribution in [3.63, 3.8) is 0 Å². The Hall–Kier alpha value is -2.21. The standard InChI is InChI=1S/C21H25F3N2O/c1-16(14-17-4-3-5-18(15-17)21(22,23)24)25-10-12-26(13-11-25)19-6-8-20(27-2)9-7-19/h3-9,15-16H,10-14H2,1-2H3/t16-/m1/s1. The molecule has 3 rings (SSSR count). The molecule has 0 aromatic heterocycles. The van der Waals surface area contributed by atoms with E-state index in [0.29, 0.717) is 6.42 Å². The van der Waals surface area contributed by atoms with Crippen LogP contribution in [0.5, 0.6) is 5.75 Å². The molecule has 0 aliphatic carbocycles. The summed E-state index contributed by atoms with van der Waals surface area (Å²) in [6, 6.07) is 13.9. The minimum atomic E-state index is -4.29. The summed E-state index contributed by atoms with van der Waals surface area (Å²) in [6.07, 6.45) is -3.67. The highest BCUT2D eigenvalue weighted by molar-refractivity contribution is 5.49. The molecular weight excluding hydrogens is 353 g/mol. The number of ether oxygens (including phenoxy) is 1. The zero-order chi connectivity index (χ0) is 19.4. The Labute approximate surface area is 158 Å². The summed E-state index contributed by atoms with van der Waals surface area (Å²) < 4.78 is 43.9. The van der Waals surface area contributed by atoms with E-state index in [1.165, 1.54) is 17.8 Å². The number of rotatable bonds is 5. The molecule has 0 radical (unpaired) electrons. The van der Waals surface area contributed by atoms with Gasteiger partial charge in [0, 0.05) is 37.9 Å². The van der Waals surface area contributed by atoms with Gasteiger partial charge in [0.05, 0.1) is 12.7 Å². The summed E-state index contributed by atoms with van der Waals surface area (Å²) in [4.78, 5) is 4.67. The molecule has 1 heterocycles. The smallest absolute Gasteiger partial charge is 0.416 e. The molecule has 1 aliphatic rings. The SMILES string of the molecule is COc1ccc(N2CCN([C@H](C)Cc3cccc(C(F)(F)F)c3)CC2)cc1. The predicted octanol–water partition coefficient (Wildman–Crippen LogP) is 4.47. The first-order chi connectivity index (χ1) is 12.9. The van der Waals surface area contributed by atoms with Crippen molar-refractivity contribution in [2.75, 3.05) is 38.2 Å². The highest BCUT2D eigenvalue weighted by atomic mass is 19.4. The molecule has 6 heteroatoms. The van der Waals surface area contributed by atoms with Gasteiger partial charge in [-0.3, -0.25) is 4.90 Å². The molecule has 0 unspecified atom stereocenters. The quantitative estimate of drug-likeness (QED) is 0.764. The fraction of sp³-hybridized carbons (Fsp3) is 0.429. The summed E-state index contributed by atoms with van der Waals surface area (Å²) in [5, 5.41) is 0. The normalized spacial score (nSPS) is 17.0. The second-order valence-corrected chi connectivity index (χ2v) is 6.97. The van der Waals surface area contributed by atoms with Crippen molar-refractivity contribution in [1.29, 1.82) is 0 Å². The number of hydrogen-bond donors (Lipinski definition) is 0. The third kappa shape index (κ3) is 4.95. The Morgan fingerprint density at radius 1 is 1.00 bits per heavy atom. The molecular formula is C21H25F3N2O. The average molecular weight is 378 g/mol. The minimum Gasteiger partial charge on any atom is -0.497 e.